The maximum absolute atomic E-state index is 12.8. The summed E-state index contributed by atoms with van der Waals surface area (Å²) in [5.41, 5.74) is 2.18. The SMILES string of the molecule is COc1ccc(C(=O)Nc2ccc3c(c2)CC(C(=O)NC2CCC(C)CC2)CO3)cc1. The Balaban J connectivity index is 1.38. The zero-order valence-corrected chi connectivity index (χ0v) is 18.1. The number of hydrogen-bond acceptors (Lipinski definition) is 4. The maximum atomic E-state index is 12.8. The van der Waals surface area contributed by atoms with E-state index in [0.29, 0.717) is 30.0 Å². The molecule has 2 N–H and O–H groups in total. The van der Waals surface area contributed by atoms with Crippen LogP contribution in [-0.2, 0) is 11.2 Å². The summed E-state index contributed by atoms with van der Waals surface area (Å²) in [4.78, 5) is 25.3. The Labute approximate surface area is 183 Å². The first-order chi connectivity index (χ1) is 15.0. The fourth-order valence-corrected chi connectivity index (χ4v) is 4.31. The highest BCUT2D eigenvalue weighted by molar-refractivity contribution is 6.04. The summed E-state index contributed by atoms with van der Waals surface area (Å²) >= 11 is 0. The van der Waals surface area contributed by atoms with Crippen LogP contribution in [0, 0.1) is 11.8 Å². The van der Waals surface area contributed by atoms with Crippen molar-refractivity contribution in [1.82, 2.24) is 5.32 Å². The largest absolute Gasteiger partial charge is 0.497 e. The van der Waals surface area contributed by atoms with E-state index < -0.39 is 0 Å². The molecular formula is C25H30N2O4. The van der Waals surface area contributed by atoms with E-state index in [2.05, 4.69) is 17.6 Å². The van der Waals surface area contributed by atoms with Gasteiger partial charge in [0.1, 0.15) is 18.1 Å². The fourth-order valence-electron chi connectivity index (χ4n) is 4.31. The molecular weight excluding hydrogens is 392 g/mol. The summed E-state index contributed by atoms with van der Waals surface area (Å²) in [5.74, 6) is 1.90. The van der Waals surface area contributed by atoms with Crippen molar-refractivity contribution < 1.29 is 19.1 Å². The molecule has 0 radical (unpaired) electrons. The Hall–Kier alpha value is -3.02. The van der Waals surface area contributed by atoms with Gasteiger partial charge in [-0.25, -0.2) is 0 Å². The second kappa shape index (κ2) is 9.41. The lowest BCUT2D eigenvalue weighted by Crippen LogP contribution is -2.43. The van der Waals surface area contributed by atoms with E-state index in [1.54, 1.807) is 31.4 Å². The number of hydrogen-bond donors (Lipinski definition) is 2. The molecule has 1 heterocycles. The molecule has 1 aliphatic heterocycles. The van der Waals surface area contributed by atoms with Gasteiger partial charge in [-0.15, -0.1) is 0 Å². The molecule has 0 spiro atoms. The summed E-state index contributed by atoms with van der Waals surface area (Å²) < 4.78 is 11.0. The lowest BCUT2D eigenvalue weighted by atomic mass is 9.87. The van der Waals surface area contributed by atoms with Crippen molar-refractivity contribution in [2.75, 3.05) is 19.0 Å². The van der Waals surface area contributed by atoms with Crippen LogP contribution < -0.4 is 20.1 Å². The molecule has 6 nitrogen and oxygen atoms in total. The smallest absolute Gasteiger partial charge is 0.255 e. The summed E-state index contributed by atoms with van der Waals surface area (Å²) in [6.07, 6.45) is 5.06. The zero-order valence-electron chi connectivity index (χ0n) is 18.1. The van der Waals surface area contributed by atoms with Gasteiger partial charge in [-0.05, 0) is 86.1 Å². The molecule has 1 fully saturated rings. The number of carbonyl (C=O) groups is 2. The average Bonchev–Trinajstić information content (AvgIpc) is 2.80. The van der Waals surface area contributed by atoms with E-state index >= 15 is 0 Å². The van der Waals surface area contributed by atoms with Crippen LogP contribution in [0.4, 0.5) is 5.69 Å². The molecule has 31 heavy (non-hydrogen) atoms. The molecule has 1 saturated carbocycles. The Morgan fingerprint density at radius 3 is 2.48 bits per heavy atom. The van der Waals surface area contributed by atoms with Gasteiger partial charge < -0.3 is 20.1 Å². The van der Waals surface area contributed by atoms with Crippen molar-refractivity contribution >= 4 is 17.5 Å². The quantitative estimate of drug-likeness (QED) is 0.757. The van der Waals surface area contributed by atoms with E-state index in [1.165, 1.54) is 12.8 Å². The molecule has 2 aliphatic rings. The van der Waals surface area contributed by atoms with Crippen LogP contribution in [0.25, 0.3) is 0 Å². The van der Waals surface area contributed by atoms with Gasteiger partial charge in [0.2, 0.25) is 5.91 Å². The monoisotopic (exact) mass is 422 g/mol. The van der Waals surface area contributed by atoms with Crippen LogP contribution >= 0.6 is 0 Å². The third-order valence-electron chi connectivity index (χ3n) is 6.31. The van der Waals surface area contributed by atoms with Gasteiger partial charge in [0.15, 0.2) is 0 Å². The number of methoxy groups -OCH3 is 1. The van der Waals surface area contributed by atoms with Crippen LogP contribution in [0.2, 0.25) is 0 Å². The normalized spacial score (nSPS) is 22.6. The third kappa shape index (κ3) is 5.19. The molecule has 6 heteroatoms. The molecule has 1 atom stereocenters. The highest BCUT2D eigenvalue weighted by Gasteiger charge is 2.29. The number of fused-ring (bicyclic) bond motifs is 1. The van der Waals surface area contributed by atoms with Crippen LogP contribution in [0.15, 0.2) is 42.5 Å². The van der Waals surface area contributed by atoms with Gasteiger partial charge >= 0.3 is 0 Å². The van der Waals surface area contributed by atoms with Crippen LogP contribution in [0.3, 0.4) is 0 Å². The third-order valence-corrected chi connectivity index (χ3v) is 6.31. The van der Waals surface area contributed by atoms with Crippen molar-refractivity contribution in [2.45, 2.75) is 45.1 Å². The molecule has 1 aliphatic carbocycles. The van der Waals surface area contributed by atoms with E-state index in [9.17, 15) is 9.59 Å². The highest BCUT2D eigenvalue weighted by atomic mass is 16.5. The van der Waals surface area contributed by atoms with Crippen molar-refractivity contribution in [3.05, 3.63) is 53.6 Å². The minimum atomic E-state index is -0.209. The molecule has 164 valence electrons. The minimum absolute atomic E-state index is 0.0675. The Kier molecular flexibility index (Phi) is 6.44. The molecule has 2 aromatic rings. The Morgan fingerprint density at radius 1 is 1.03 bits per heavy atom. The van der Waals surface area contributed by atoms with Crippen LogP contribution in [-0.4, -0.2) is 31.6 Å². The summed E-state index contributed by atoms with van der Waals surface area (Å²) in [6.45, 7) is 2.66. The highest BCUT2D eigenvalue weighted by Crippen LogP contribution is 2.31. The number of nitrogens with one attached hydrogen (secondary N) is 2. The van der Waals surface area contributed by atoms with Gasteiger partial charge in [-0.1, -0.05) is 6.92 Å². The van der Waals surface area contributed by atoms with Gasteiger partial charge in [-0.2, -0.15) is 0 Å². The molecule has 1 unspecified atom stereocenters. The summed E-state index contributed by atoms with van der Waals surface area (Å²) in [5, 5.41) is 6.14. The molecule has 2 amide bonds. The van der Waals surface area contributed by atoms with E-state index in [4.69, 9.17) is 9.47 Å². The van der Waals surface area contributed by atoms with Crippen molar-refractivity contribution in [3.8, 4) is 11.5 Å². The lowest BCUT2D eigenvalue weighted by molar-refractivity contribution is -0.127. The average molecular weight is 423 g/mol. The van der Waals surface area contributed by atoms with Gasteiger partial charge in [-0.3, -0.25) is 9.59 Å². The molecule has 0 saturated heterocycles. The van der Waals surface area contributed by atoms with Gasteiger partial charge in [0.25, 0.3) is 5.91 Å². The number of ether oxygens (including phenoxy) is 2. The van der Waals surface area contributed by atoms with Gasteiger partial charge in [0.05, 0.1) is 13.0 Å². The fraction of sp³-hybridized carbons (Fsp3) is 0.440. The van der Waals surface area contributed by atoms with Crippen LogP contribution in [0.1, 0.15) is 48.5 Å². The van der Waals surface area contributed by atoms with E-state index in [1.807, 2.05) is 18.2 Å². The number of rotatable bonds is 5. The predicted octanol–water partition coefficient (Wildman–Crippen LogP) is 4.19. The molecule has 0 aromatic heterocycles. The predicted molar refractivity (Wildman–Crippen MR) is 120 cm³/mol. The number of benzene rings is 2. The van der Waals surface area contributed by atoms with Gasteiger partial charge in [0, 0.05) is 17.3 Å². The summed E-state index contributed by atoms with van der Waals surface area (Å²) in [6, 6.07) is 12.8. The Morgan fingerprint density at radius 2 is 1.77 bits per heavy atom. The standard InChI is InChI=1S/C25H30N2O4/c1-16-3-7-20(8-4-16)26-25(29)19-13-18-14-21(9-12-23(18)31-15-19)27-24(28)17-5-10-22(30-2)11-6-17/h5-6,9-12,14,16,19-20H,3-4,7-8,13,15H2,1-2H3,(H,26,29)(H,27,28). The Bertz CT molecular complexity index is 933. The zero-order chi connectivity index (χ0) is 21.8. The molecule has 2 aromatic carbocycles. The van der Waals surface area contributed by atoms with Crippen LogP contribution in [0.5, 0.6) is 11.5 Å². The first kappa shape index (κ1) is 21.2. The van der Waals surface area contributed by atoms with Crippen molar-refractivity contribution in [2.24, 2.45) is 11.8 Å². The number of anilines is 1. The molecule has 0 bridgehead atoms. The van der Waals surface area contributed by atoms with E-state index in [0.717, 1.165) is 30.1 Å². The maximum Gasteiger partial charge on any atom is 0.255 e. The topological polar surface area (TPSA) is 76.7 Å². The second-order valence-electron chi connectivity index (χ2n) is 8.68. The minimum Gasteiger partial charge on any atom is -0.497 e. The van der Waals surface area contributed by atoms with E-state index in [-0.39, 0.29) is 23.8 Å². The van der Waals surface area contributed by atoms with Crippen molar-refractivity contribution in [1.29, 1.82) is 0 Å². The lowest BCUT2D eigenvalue weighted by Gasteiger charge is -2.30. The second-order valence-corrected chi connectivity index (χ2v) is 8.68. The number of amides is 2. The first-order valence-corrected chi connectivity index (χ1v) is 11.0. The van der Waals surface area contributed by atoms with Crippen molar-refractivity contribution in [3.63, 3.8) is 0 Å². The number of carbonyl (C=O) groups excluding carboxylic acids is 2. The summed E-state index contributed by atoms with van der Waals surface area (Å²) in [7, 11) is 1.59. The molecule has 4 rings (SSSR count). The first-order valence-electron chi connectivity index (χ1n) is 11.0.